The molecule has 134 valence electrons. The first kappa shape index (κ1) is 16.6. The molecule has 1 N–H and O–H groups in total. The van der Waals surface area contributed by atoms with Crippen LogP contribution in [0.3, 0.4) is 0 Å². The Morgan fingerprint density at radius 2 is 1.78 bits per heavy atom. The number of imidazole rings is 1. The number of fused-ring (bicyclic) bond motifs is 1. The van der Waals surface area contributed by atoms with Crippen LogP contribution in [0.15, 0.2) is 67.3 Å². The van der Waals surface area contributed by atoms with E-state index in [9.17, 15) is 10.1 Å². The SMILES string of the molecule is O=[N+]([O-])c1ccccc1Cn1cnc2c(NCc3ccccc3)ncnc21. The molecule has 0 saturated heterocycles. The first-order valence-corrected chi connectivity index (χ1v) is 8.38. The number of aromatic nitrogens is 4. The number of nitrogens with one attached hydrogen (secondary N) is 1. The van der Waals surface area contributed by atoms with Crippen LogP contribution in [0.4, 0.5) is 11.5 Å². The van der Waals surface area contributed by atoms with Gasteiger partial charge in [0.25, 0.3) is 5.69 Å². The van der Waals surface area contributed by atoms with Crippen LogP contribution in [0.2, 0.25) is 0 Å². The van der Waals surface area contributed by atoms with Crippen molar-refractivity contribution in [2.24, 2.45) is 0 Å². The van der Waals surface area contributed by atoms with Crippen LogP contribution in [0.5, 0.6) is 0 Å². The fourth-order valence-corrected chi connectivity index (χ4v) is 2.91. The summed E-state index contributed by atoms with van der Waals surface area (Å²) in [5, 5.41) is 14.5. The van der Waals surface area contributed by atoms with Crippen molar-refractivity contribution in [3.05, 3.63) is 88.5 Å². The standard InChI is InChI=1S/C19H16N6O2/c26-25(27)16-9-5-4-8-15(16)11-24-13-23-17-18(21-12-22-19(17)24)20-10-14-6-2-1-3-7-14/h1-9,12-13H,10-11H2,(H,20,21,22). The number of anilines is 1. The van der Waals surface area contributed by atoms with Crippen LogP contribution in [0.25, 0.3) is 11.2 Å². The summed E-state index contributed by atoms with van der Waals surface area (Å²) in [5.74, 6) is 0.630. The molecule has 4 aromatic rings. The van der Waals surface area contributed by atoms with Gasteiger partial charge in [-0.3, -0.25) is 10.1 Å². The lowest BCUT2D eigenvalue weighted by molar-refractivity contribution is -0.385. The summed E-state index contributed by atoms with van der Waals surface area (Å²) >= 11 is 0. The average Bonchev–Trinajstić information content (AvgIpc) is 3.11. The Hall–Kier alpha value is -3.81. The fraction of sp³-hybridized carbons (Fsp3) is 0.105. The zero-order valence-electron chi connectivity index (χ0n) is 14.3. The van der Waals surface area contributed by atoms with E-state index in [-0.39, 0.29) is 10.6 Å². The van der Waals surface area contributed by atoms with E-state index in [0.717, 1.165) is 5.56 Å². The smallest absolute Gasteiger partial charge is 0.274 e. The van der Waals surface area contributed by atoms with E-state index in [1.54, 1.807) is 29.1 Å². The first-order chi connectivity index (χ1) is 13.2. The van der Waals surface area contributed by atoms with Crippen LogP contribution < -0.4 is 5.32 Å². The number of nitro groups is 1. The lowest BCUT2D eigenvalue weighted by atomic mass is 10.2. The minimum absolute atomic E-state index is 0.0795. The number of hydrogen-bond acceptors (Lipinski definition) is 6. The van der Waals surface area contributed by atoms with Crippen LogP contribution in [-0.4, -0.2) is 24.4 Å². The van der Waals surface area contributed by atoms with E-state index >= 15 is 0 Å². The second-order valence-electron chi connectivity index (χ2n) is 5.99. The number of benzene rings is 2. The molecule has 8 nitrogen and oxygen atoms in total. The van der Waals surface area contributed by atoms with Gasteiger partial charge in [0.2, 0.25) is 0 Å². The fourth-order valence-electron chi connectivity index (χ4n) is 2.91. The van der Waals surface area contributed by atoms with Crippen molar-refractivity contribution < 1.29 is 4.92 Å². The van der Waals surface area contributed by atoms with Crippen molar-refractivity contribution in [1.82, 2.24) is 19.5 Å². The minimum Gasteiger partial charge on any atom is -0.364 e. The molecule has 0 atom stereocenters. The summed E-state index contributed by atoms with van der Waals surface area (Å²) < 4.78 is 1.78. The highest BCUT2D eigenvalue weighted by Crippen LogP contribution is 2.22. The summed E-state index contributed by atoms with van der Waals surface area (Å²) in [6, 6.07) is 16.6. The second-order valence-corrected chi connectivity index (χ2v) is 5.99. The molecule has 0 aliphatic rings. The number of hydrogen-bond donors (Lipinski definition) is 1. The Labute approximate surface area is 154 Å². The molecule has 0 fully saturated rings. The number of rotatable bonds is 6. The van der Waals surface area contributed by atoms with Crippen LogP contribution in [0, 0.1) is 10.1 Å². The maximum atomic E-state index is 11.2. The van der Waals surface area contributed by atoms with Crippen molar-refractivity contribution in [2.45, 2.75) is 13.1 Å². The van der Waals surface area contributed by atoms with Gasteiger partial charge in [-0.2, -0.15) is 0 Å². The molecule has 0 aliphatic heterocycles. The van der Waals surface area contributed by atoms with Crippen LogP contribution >= 0.6 is 0 Å². The van der Waals surface area contributed by atoms with Gasteiger partial charge in [-0.05, 0) is 5.56 Å². The van der Waals surface area contributed by atoms with E-state index in [4.69, 9.17) is 0 Å². The monoisotopic (exact) mass is 360 g/mol. The zero-order chi connectivity index (χ0) is 18.6. The predicted molar refractivity (Wildman–Crippen MR) is 101 cm³/mol. The number of para-hydroxylation sites is 1. The molecule has 8 heteroatoms. The number of nitrogens with zero attached hydrogens (tertiary/aromatic N) is 5. The molecule has 0 bridgehead atoms. The number of nitro benzene ring substituents is 1. The summed E-state index contributed by atoms with van der Waals surface area (Å²) in [6.45, 7) is 0.923. The van der Waals surface area contributed by atoms with E-state index in [1.165, 1.54) is 12.4 Å². The average molecular weight is 360 g/mol. The molecule has 0 aliphatic carbocycles. The molecule has 0 saturated carbocycles. The van der Waals surface area contributed by atoms with Gasteiger partial charge in [0.15, 0.2) is 11.5 Å². The van der Waals surface area contributed by atoms with Crippen molar-refractivity contribution in [2.75, 3.05) is 5.32 Å². The van der Waals surface area contributed by atoms with E-state index in [1.807, 2.05) is 30.3 Å². The third-order valence-electron chi connectivity index (χ3n) is 4.23. The lowest BCUT2D eigenvalue weighted by Crippen LogP contribution is -2.05. The summed E-state index contributed by atoms with van der Waals surface area (Å²) in [5.41, 5.74) is 3.06. The van der Waals surface area contributed by atoms with Gasteiger partial charge in [0.1, 0.15) is 11.8 Å². The lowest BCUT2D eigenvalue weighted by Gasteiger charge is -2.07. The van der Waals surface area contributed by atoms with Crippen LogP contribution in [0.1, 0.15) is 11.1 Å². The Kier molecular flexibility index (Phi) is 4.44. The van der Waals surface area contributed by atoms with Gasteiger partial charge in [-0.15, -0.1) is 0 Å². The molecule has 2 heterocycles. The first-order valence-electron chi connectivity index (χ1n) is 8.38. The zero-order valence-corrected chi connectivity index (χ0v) is 14.3. The second kappa shape index (κ2) is 7.20. The van der Waals surface area contributed by atoms with Crippen molar-refractivity contribution >= 4 is 22.7 Å². The molecule has 2 aromatic carbocycles. The summed E-state index contributed by atoms with van der Waals surface area (Å²) in [4.78, 5) is 23.9. The molecule has 0 spiro atoms. The molecule has 27 heavy (non-hydrogen) atoms. The third kappa shape index (κ3) is 3.45. The Morgan fingerprint density at radius 1 is 1.00 bits per heavy atom. The molecule has 0 radical (unpaired) electrons. The van der Waals surface area contributed by atoms with E-state index < -0.39 is 0 Å². The molecule has 4 rings (SSSR count). The third-order valence-corrected chi connectivity index (χ3v) is 4.23. The van der Waals surface area contributed by atoms with Crippen LogP contribution in [-0.2, 0) is 13.1 Å². The van der Waals surface area contributed by atoms with Crippen molar-refractivity contribution in [3.8, 4) is 0 Å². The largest absolute Gasteiger partial charge is 0.364 e. The highest BCUT2D eigenvalue weighted by molar-refractivity contribution is 5.82. The quantitative estimate of drug-likeness (QED) is 0.418. The van der Waals surface area contributed by atoms with Gasteiger partial charge in [-0.1, -0.05) is 48.5 Å². The molecular weight excluding hydrogens is 344 g/mol. The van der Waals surface area contributed by atoms with Gasteiger partial charge < -0.3 is 9.88 Å². The summed E-state index contributed by atoms with van der Waals surface area (Å²) in [7, 11) is 0. The minimum atomic E-state index is -0.379. The predicted octanol–water partition coefficient (Wildman–Crippen LogP) is 3.39. The normalized spacial score (nSPS) is 10.8. The van der Waals surface area contributed by atoms with Crippen molar-refractivity contribution in [1.29, 1.82) is 0 Å². The summed E-state index contributed by atoms with van der Waals surface area (Å²) in [6.07, 6.45) is 3.09. The Bertz CT molecular complexity index is 1090. The maximum absolute atomic E-state index is 11.2. The van der Waals surface area contributed by atoms with Gasteiger partial charge in [0, 0.05) is 18.2 Å². The van der Waals surface area contributed by atoms with Crippen molar-refractivity contribution in [3.63, 3.8) is 0 Å². The van der Waals surface area contributed by atoms with E-state index in [0.29, 0.717) is 35.6 Å². The Morgan fingerprint density at radius 3 is 2.59 bits per heavy atom. The van der Waals surface area contributed by atoms with E-state index in [2.05, 4.69) is 20.3 Å². The van der Waals surface area contributed by atoms with Gasteiger partial charge in [-0.25, -0.2) is 15.0 Å². The highest BCUT2D eigenvalue weighted by Gasteiger charge is 2.15. The highest BCUT2D eigenvalue weighted by atomic mass is 16.6. The molecule has 2 aromatic heterocycles. The molecule has 0 amide bonds. The van der Waals surface area contributed by atoms with Gasteiger partial charge in [0.05, 0.1) is 17.8 Å². The Balaban J connectivity index is 1.62. The molecular formula is C19H16N6O2. The molecule has 0 unspecified atom stereocenters. The van der Waals surface area contributed by atoms with Gasteiger partial charge >= 0.3 is 0 Å². The topological polar surface area (TPSA) is 98.8 Å². The maximum Gasteiger partial charge on any atom is 0.274 e.